The number of halogens is 9. The third-order valence-electron chi connectivity index (χ3n) is 5.22. The molecule has 0 spiro atoms. The summed E-state index contributed by atoms with van der Waals surface area (Å²) in [5.41, 5.74) is 0.0194. The first-order valence-electron chi connectivity index (χ1n) is 9.71. The number of aromatic hydroxyl groups is 1. The molecule has 0 aliphatic carbocycles. The number of alkyl halides is 9. The summed E-state index contributed by atoms with van der Waals surface area (Å²) in [5.74, 6) is -20.4. The molecule has 3 aromatic rings. The highest BCUT2D eigenvalue weighted by Gasteiger charge is 2.81. The minimum atomic E-state index is -7.03. The quantitative estimate of drug-likeness (QED) is 0.291. The lowest BCUT2D eigenvalue weighted by Gasteiger charge is -2.32. The number of phenols is 1. The molecule has 0 unspecified atom stereocenters. The van der Waals surface area contributed by atoms with Gasteiger partial charge in [-0.2, -0.15) is 39.5 Å². The van der Waals surface area contributed by atoms with Gasteiger partial charge in [0.05, 0.1) is 5.39 Å². The molecule has 12 heteroatoms. The number of fused-ring (bicyclic) bond motifs is 1. The van der Waals surface area contributed by atoms with Gasteiger partial charge in [0.25, 0.3) is 0 Å². The molecular weight excluding hydrogens is 495 g/mol. The molecule has 188 valence electrons. The lowest BCUT2D eigenvalue weighted by Crippen LogP contribution is -2.60. The molecule has 0 aliphatic heterocycles. The van der Waals surface area contributed by atoms with E-state index in [0.717, 1.165) is 23.3 Å². The molecule has 0 atom stereocenters. The van der Waals surface area contributed by atoms with Gasteiger partial charge in [0, 0.05) is 12.0 Å². The molecule has 0 radical (unpaired) electrons. The van der Waals surface area contributed by atoms with Crippen molar-refractivity contribution in [1.29, 1.82) is 0 Å². The zero-order valence-corrected chi connectivity index (χ0v) is 17.6. The summed E-state index contributed by atoms with van der Waals surface area (Å²) < 4.78 is 122. The fraction of sp³-hybridized carbons (Fsp3) is 0.261. The summed E-state index contributed by atoms with van der Waals surface area (Å²) in [6.07, 6.45) is -7.56. The van der Waals surface area contributed by atoms with Gasteiger partial charge in [0.1, 0.15) is 11.3 Å². The van der Waals surface area contributed by atoms with Gasteiger partial charge in [-0.3, -0.25) is 0 Å². The van der Waals surface area contributed by atoms with Gasteiger partial charge in [0.2, 0.25) is 0 Å². The van der Waals surface area contributed by atoms with E-state index in [4.69, 9.17) is 4.42 Å². The van der Waals surface area contributed by atoms with Crippen molar-refractivity contribution in [2.24, 2.45) is 0 Å². The van der Waals surface area contributed by atoms with Crippen molar-refractivity contribution in [2.75, 3.05) is 0 Å². The molecule has 1 aromatic heterocycles. The Balaban J connectivity index is 1.98. The average Bonchev–Trinajstić information content (AvgIpc) is 2.73. The molecule has 0 saturated heterocycles. The second-order valence-corrected chi connectivity index (χ2v) is 7.72. The molecule has 1 heterocycles. The second-order valence-electron chi connectivity index (χ2n) is 7.72. The molecular formula is C23H15F9O3. The van der Waals surface area contributed by atoms with E-state index in [0.29, 0.717) is 0 Å². The Bertz CT molecular complexity index is 1340. The van der Waals surface area contributed by atoms with E-state index < -0.39 is 47.0 Å². The van der Waals surface area contributed by atoms with Crippen LogP contribution in [-0.2, 0) is 6.42 Å². The molecule has 0 saturated carbocycles. The maximum Gasteiger partial charge on any atom is 0.460 e. The smallest absolute Gasteiger partial charge is 0.460 e. The predicted octanol–water partition coefficient (Wildman–Crippen LogP) is 6.88. The standard InChI is InChI=1S/C23H15F9O3/c1-12-4-2-3-5-14(12)10-15-11-16-17(33)8-13(9-18(16)35-19(15)34)6-7-20(24,25)21(26,27)22(28,29)23(30,31)32/h2-9,11,33H,10H2,1H3/b7-6+. The number of hydrogen-bond donors (Lipinski definition) is 1. The van der Waals surface area contributed by atoms with Gasteiger partial charge in [-0.25, -0.2) is 4.79 Å². The Morgan fingerprint density at radius 3 is 2.11 bits per heavy atom. The van der Waals surface area contributed by atoms with E-state index >= 15 is 0 Å². The third-order valence-corrected chi connectivity index (χ3v) is 5.22. The van der Waals surface area contributed by atoms with E-state index in [1.165, 1.54) is 6.07 Å². The van der Waals surface area contributed by atoms with Crippen molar-refractivity contribution >= 4 is 17.0 Å². The summed E-state index contributed by atoms with van der Waals surface area (Å²) in [6.45, 7) is 1.80. The SMILES string of the molecule is Cc1ccccc1Cc1cc2c(O)cc(/C=C/C(F)(F)C(F)(F)C(F)(F)C(F)(F)F)cc2oc1=O. The van der Waals surface area contributed by atoms with Gasteiger partial charge < -0.3 is 9.52 Å². The van der Waals surface area contributed by atoms with Crippen LogP contribution in [0, 0.1) is 6.92 Å². The Morgan fingerprint density at radius 2 is 1.51 bits per heavy atom. The molecule has 35 heavy (non-hydrogen) atoms. The van der Waals surface area contributed by atoms with Crippen molar-refractivity contribution in [2.45, 2.75) is 37.3 Å². The van der Waals surface area contributed by atoms with Crippen LogP contribution >= 0.6 is 0 Å². The average molecular weight is 510 g/mol. The lowest BCUT2D eigenvalue weighted by molar-refractivity contribution is -0.388. The highest BCUT2D eigenvalue weighted by atomic mass is 19.4. The van der Waals surface area contributed by atoms with Crippen molar-refractivity contribution in [3.05, 3.63) is 81.2 Å². The van der Waals surface area contributed by atoms with Gasteiger partial charge >= 0.3 is 29.6 Å². The van der Waals surface area contributed by atoms with Gasteiger partial charge in [-0.05, 0) is 47.9 Å². The molecule has 0 bridgehead atoms. The Labute approximate surface area is 191 Å². The summed E-state index contributed by atoms with van der Waals surface area (Å²) in [4.78, 5) is 12.3. The first-order valence-corrected chi connectivity index (χ1v) is 9.71. The van der Waals surface area contributed by atoms with Crippen LogP contribution in [0.2, 0.25) is 0 Å². The minimum absolute atomic E-state index is 0.0500. The fourth-order valence-electron chi connectivity index (χ4n) is 3.19. The molecule has 2 aromatic carbocycles. The third kappa shape index (κ3) is 4.73. The van der Waals surface area contributed by atoms with E-state index in [2.05, 4.69) is 0 Å². The Hall–Kier alpha value is -3.44. The van der Waals surface area contributed by atoms with Gasteiger partial charge in [-0.15, -0.1) is 0 Å². The topological polar surface area (TPSA) is 50.4 Å². The number of allylic oxidation sites excluding steroid dienone is 1. The van der Waals surface area contributed by atoms with E-state index in [1.54, 1.807) is 31.2 Å². The first kappa shape index (κ1) is 26.2. The van der Waals surface area contributed by atoms with Crippen LogP contribution in [0.25, 0.3) is 17.0 Å². The number of aryl methyl sites for hydroxylation is 1. The number of hydrogen-bond acceptors (Lipinski definition) is 3. The molecule has 3 rings (SSSR count). The lowest BCUT2D eigenvalue weighted by atomic mass is 10.00. The maximum absolute atomic E-state index is 13.7. The normalized spacial score (nSPS) is 13.7. The molecule has 0 aliphatic rings. The molecule has 1 N–H and O–H groups in total. The summed E-state index contributed by atoms with van der Waals surface area (Å²) in [7, 11) is 0. The first-order chi connectivity index (χ1) is 16.0. The van der Waals surface area contributed by atoms with E-state index in [9.17, 15) is 49.4 Å². The monoisotopic (exact) mass is 510 g/mol. The zero-order valence-electron chi connectivity index (χ0n) is 17.6. The maximum atomic E-state index is 13.7. The predicted molar refractivity (Wildman–Crippen MR) is 108 cm³/mol. The number of rotatable bonds is 6. The highest BCUT2D eigenvalue weighted by Crippen LogP contribution is 2.53. The Morgan fingerprint density at radius 1 is 0.886 bits per heavy atom. The highest BCUT2D eigenvalue weighted by molar-refractivity contribution is 5.86. The molecule has 0 amide bonds. The van der Waals surface area contributed by atoms with Crippen LogP contribution in [-0.4, -0.2) is 29.1 Å². The van der Waals surface area contributed by atoms with Gasteiger partial charge in [0.15, 0.2) is 0 Å². The van der Waals surface area contributed by atoms with Crippen LogP contribution in [0.1, 0.15) is 22.3 Å². The second kappa shape index (κ2) is 8.65. The summed E-state index contributed by atoms with van der Waals surface area (Å²) in [6, 6.07) is 9.95. The largest absolute Gasteiger partial charge is 0.507 e. The van der Waals surface area contributed by atoms with Crippen LogP contribution in [0.4, 0.5) is 39.5 Å². The molecule has 0 fully saturated rings. The van der Waals surface area contributed by atoms with Crippen LogP contribution in [0.15, 0.2) is 57.8 Å². The van der Waals surface area contributed by atoms with Crippen molar-refractivity contribution in [3.8, 4) is 5.75 Å². The van der Waals surface area contributed by atoms with Crippen molar-refractivity contribution in [1.82, 2.24) is 0 Å². The van der Waals surface area contributed by atoms with Crippen molar-refractivity contribution < 1.29 is 49.0 Å². The van der Waals surface area contributed by atoms with Crippen LogP contribution in [0.5, 0.6) is 5.75 Å². The van der Waals surface area contributed by atoms with E-state index in [-0.39, 0.29) is 29.0 Å². The summed E-state index contributed by atoms with van der Waals surface area (Å²) >= 11 is 0. The number of benzene rings is 2. The van der Waals surface area contributed by atoms with Gasteiger partial charge in [-0.1, -0.05) is 30.3 Å². The van der Waals surface area contributed by atoms with Crippen molar-refractivity contribution in [3.63, 3.8) is 0 Å². The number of phenolic OH excluding ortho intramolecular Hbond substituents is 1. The van der Waals surface area contributed by atoms with Crippen LogP contribution < -0.4 is 5.63 Å². The Kier molecular flexibility index (Phi) is 6.47. The van der Waals surface area contributed by atoms with Crippen LogP contribution in [0.3, 0.4) is 0 Å². The summed E-state index contributed by atoms with van der Waals surface area (Å²) in [5, 5.41) is 10.2. The minimum Gasteiger partial charge on any atom is -0.507 e. The fourth-order valence-corrected chi connectivity index (χ4v) is 3.19. The van der Waals surface area contributed by atoms with E-state index in [1.807, 2.05) is 0 Å². The zero-order chi connectivity index (χ0) is 26.4. The molecule has 3 nitrogen and oxygen atoms in total.